The largest absolute Gasteiger partial charge is 0.382 e. The molecule has 6 nitrogen and oxygen atoms in total. The lowest BCUT2D eigenvalue weighted by atomic mass is 10.3. The molecule has 1 aromatic carbocycles. The van der Waals surface area contributed by atoms with Crippen LogP contribution in [0.25, 0.3) is 0 Å². The molecule has 1 aromatic rings. The Morgan fingerprint density at radius 3 is 2.58 bits per heavy atom. The molecule has 0 spiro atoms. The first-order valence-electron chi connectivity index (χ1n) is 5.95. The Balaban J connectivity index is 2.55. The fourth-order valence-electron chi connectivity index (χ4n) is 1.46. The Morgan fingerprint density at radius 1 is 1.16 bits per heavy atom. The van der Waals surface area contributed by atoms with Gasteiger partial charge in [0.05, 0.1) is 25.5 Å². The summed E-state index contributed by atoms with van der Waals surface area (Å²) < 4.78 is 36.0. The number of rotatable bonds is 9. The average molecular weight is 288 g/mol. The lowest BCUT2D eigenvalue weighted by Gasteiger charge is -2.12. The molecule has 0 radical (unpaired) electrons. The molecule has 0 aromatic heterocycles. The maximum absolute atomic E-state index is 11.8. The van der Waals surface area contributed by atoms with E-state index in [2.05, 4.69) is 10.0 Å². The number of hydrogen-bond donors (Lipinski definition) is 2. The number of methoxy groups -OCH3 is 1. The molecule has 7 heteroatoms. The van der Waals surface area contributed by atoms with E-state index in [9.17, 15) is 8.42 Å². The summed E-state index contributed by atoms with van der Waals surface area (Å²) in [5, 5.41) is 3.05. The van der Waals surface area contributed by atoms with E-state index in [1.54, 1.807) is 31.4 Å². The van der Waals surface area contributed by atoms with Crippen molar-refractivity contribution in [1.29, 1.82) is 0 Å². The van der Waals surface area contributed by atoms with Crippen molar-refractivity contribution in [3.8, 4) is 0 Å². The van der Waals surface area contributed by atoms with Gasteiger partial charge < -0.3 is 14.8 Å². The number of ether oxygens (including phenoxy) is 2. The Morgan fingerprint density at radius 2 is 1.89 bits per heavy atom. The standard InChI is InChI=1S/C12H20N2O4S/c1-13-19(15,16)12-6-4-3-5-11(12)14-7-8-18-10-9-17-2/h3-6,13-14H,7-10H2,1-2H3. The van der Waals surface area contributed by atoms with Crippen LogP contribution >= 0.6 is 0 Å². The van der Waals surface area contributed by atoms with Gasteiger partial charge in [-0.2, -0.15) is 0 Å². The molecular weight excluding hydrogens is 268 g/mol. The zero-order chi connectivity index (χ0) is 14.1. The van der Waals surface area contributed by atoms with E-state index in [4.69, 9.17) is 9.47 Å². The highest BCUT2D eigenvalue weighted by atomic mass is 32.2. The quantitative estimate of drug-likeness (QED) is 0.653. The monoisotopic (exact) mass is 288 g/mol. The van der Waals surface area contributed by atoms with Crippen molar-refractivity contribution in [2.24, 2.45) is 0 Å². The van der Waals surface area contributed by atoms with Crippen LogP contribution in [0.4, 0.5) is 5.69 Å². The van der Waals surface area contributed by atoms with Crippen LogP contribution in [0, 0.1) is 0 Å². The summed E-state index contributed by atoms with van der Waals surface area (Å²) in [6.45, 7) is 2.08. The van der Waals surface area contributed by atoms with Crippen LogP contribution < -0.4 is 10.0 Å². The summed E-state index contributed by atoms with van der Waals surface area (Å²) >= 11 is 0. The van der Waals surface area contributed by atoms with Gasteiger partial charge in [0.2, 0.25) is 10.0 Å². The zero-order valence-electron chi connectivity index (χ0n) is 11.2. The van der Waals surface area contributed by atoms with E-state index in [1.807, 2.05) is 0 Å². The Kier molecular flexibility index (Phi) is 6.79. The second-order valence-corrected chi connectivity index (χ2v) is 5.59. The number of para-hydroxylation sites is 1. The van der Waals surface area contributed by atoms with Crippen molar-refractivity contribution >= 4 is 15.7 Å². The Hall–Kier alpha value is -1.15. The van der Waals surface area contributed by atoms with E-state index in [0.717, 1.165) is 0 Å². The molecular formula is C12H20N2O4S. The fraction of sp³-hybridized carbons (Fsp3) is 0.500. The van der Waals surface area contributed by atoms with Gasteiger partial charge in [0.1, 0.15) is 4.90 Å². The smallest absolute Gasteiger partial charge is 0.242 e. The molecule has 0 aliphatic carbocycles. The molecule has 19 heavy (non-hydrogen) atoms. The van der Waals surface area contributed by atoms with Gasteiger partial charge >= 0.3 is 0 Å². The summed E-state index contributed by atoms with van der Waals surface area (Å²) in [6.07, 6.45) is 0. The number of hydrogen-bond acceptors (Lipinski definition) is 5. The zero-order valence-corrected chi connectivity index (χ0v) is 12.0. The van der Waals surface area contributed by atoms with Crippen molar-refractivity contribution < 1.29 is 17.9 Å². The molecule has 1 rings (SSSR count). The van der Waals surface area contributed by atoms with Gasteiger partial charge in [-0.1, -0.05) is 12.1 Å². The van der Waals surface area contributed by atoms with E-state index in [1.165, 1.54) is 7.05 Å². The SMILES string of the molecule is CNS(=O)(=O)c1ccccc1NCCOCCOC. The summed E-state index contributed by atoms with van der Waals surface area (Å²) in [4.78, 5) is 0.231. The minimum atomic E-state index is -3.45. The molecule has 0 unspecified atom stereocenters. The minimum Gasteiger partial charge on any atom is -0.382 e. The summed E-state index contributed by atoms with van der Waals surface area (Å²) in [5.41, 5.74) is 0.562. The Labute approximate surface area is 114 Å². The highest BCUT2D eigenvalue weighted by Gasteiger charge is 2.15. The second kappa shape index (κ2) is 8.11. The number of benzene rings is 1. The molecule has 0 bridgehead atoms. The molecule has 108 valence electrons. The number of anilines is 1. The van der Waals surface area contributed by atoms with Gasteiger partial charge in [0.25, 0.3) is 0 Å². The molecule has 0 fully saturated rings. The Bertz CT molecular complexity index is 476. The molecule has 0 heterocycles. The molecule has 0 atom stereocenters. The minimum absolute atomic E-state index is 0.231. The highest BCUT2D eigenvalue weighted by molar-refractivity contribution is 7.89. The number of sulfonamides is 1. The fourth-order valence-corrected chi connectivity index (χ4v) is 2.37. The topological polar surface area (TPSA) is 76.7 Å². The van der Waals surface area contributed by atoms with E-state index in [-0.39, 0.29) is 4.90 Å². The van der Waals surface area contributed by atoms with Crippen molar-refractivity contribution in [2.75, 3.05) is 45.8 Å². The van der Waals surface area contributed by atoms with Gasteiger partial charge in [0.15, 0.2) is 0 Å². The van der Waals surface area contributed by atoms with Crippen LogP contribution in [-0.4, -0.2) is 48.9 Å². The molecule has 0 saturated carbocycles. The highest BCUT2D eigenvalue weighted by Crippen LogP contribution is 2.19. The van der Waals surface area contributed by atoms with Crippen molar-refractivity contribution in [1.82, 2.24) is 4.72 Å². The third-order valence-electron chi connectivity index (χ3n) is 2.44. The van der Waals surface area contributed by atoms with Crippen LogP contribution in [0.2, 0.25) is 0 Å². The van der Waals surface area contributed by atoms with Crippen LogP contribution in [-0.2, 0) is 19.5 Å². The van der Waals surface area contributed by atoms with Crippen molar-refractivity contribution in [2.45, 2.75) is 4.90 Å². The van der Waals surface area contributed by atoms with Gasteiger partial charge in [0, 0.05) is 13.7 Å². The van der Waals surface area contributed by atoms with Gasteiger partial charge in [-0.25, -0.2) is 13.1 Å². The first-order chi connectivity index (χ1) is 9.11. The molecule has 2 N–H and O–H groups in total. The van der Waals surface area contributed by atoms with E-state index < -0.39 is 10.0 Å². The van der Waals surface area contributed by atoms with Gasteiger partial charge in [-0.3, -0.25) is 0 Å². The van der Waals surface area contributed by atoms with Crippen molar-refractivity contribution in [3.63, 3.8) is 0 Å². The molecule has 0 amide bonds. The second-order valence-electron chi connectivity index (χ2n) is 3.74. The van der Waals surface area contributed by atoms with Crippen LogP contribution in [0.5, 0.6) is 0 Å². The normalized spacial score (nSPS) is 11.5. The van der Waals surface area contributed by atoms with Gasteiger partial charge in [-0.05, 0) is 19.2 Å². The average Bonchev–Trinajstić information content (AvgIpc) is 2.43. The summed E-state index contributed by atoms with van der Waals surface area (Å²) in [6, 6.07) is 6.74. The maximum atomic E-state index is 11.8. The third kappa shape index (κ3) is 5.15. The number of nitrogens with one attached hydrogen (secondary N) is 2. The lowest BCUT2D eigenvalue weighted by molar-refractivity contribution is 0.0759. The van der Waals surface area contributed by atoms with Crippen molar-refractivity contribution in [3.05, 3.63) is 24.3 Å². The maximum Gasteiger partial charge on any atom is 0.242 e. The first-order valence-corrected chi connectivity index (χ1v) is 7.43. The van der Waals surface area contributed by atoms with E-state index in [0.29, 0.717) is 32.1 Å². The van der Waals surface area contributed by atoms with E-state index >= 15 is 0 Å². The third-order valence-corrected chi connectivity index (χ3v) is 3.91. The predicted octanol–water partition coefficient (Wildman–Crippen LogP) is 0.670. The lowest BCUT2D eigenvalue weighted by Crippen LogP contribution is -2.21. The molecule has 0 aliphatic rings. The van der Waals surface area contributed by atoms with Gasteiger partial charge in [-0.15, -0.1) is 0 Å². The van der Waals surface area contributed by atoms with Crippen LogP contribution in [0.1, 0.15) is 0 Å². The van der Waals surface area contributed by atoms with Crippen LogP contribution in [0.3, 0.4) is 0 Å². The van der Waals surface area contributed by atoms with Crippen LogP contribution in [0.15, 0.2) is 29.2 Å². The first kappa shape index (κ1) is 15.9. The summed E-state index contributed by atoms with van der Waals surface area (Å²) in [5.74, 6) is 0. The molecule has 0 aliphatic heterocycles. The molecule has 0 saturated heterocycles. The summed E-state index contributed by atoms with van der Waals surface area (Å²) in [7, 11) is -0.453. The predicted molar refractivity (Wildman–Crippen MR) is 73.9 cm³/mol.